The maximum absolute atomic E-state index is 12.3. The van der Waals surface area contributed by atoms with Gasteiger partial charge in [0.25, 0.3) is 5.91 Å². The van der Waals surface area contributed by atoms with Crippen LogP contribution in [0.25, 0.3) is 0 Å². The van der Waals surface area contributed by atoms with Crippen LogP contribution in [0.1, 0.15) is 36.2 Å². The van der Waals surface area contributed by atoms with E-state index in [0.29, 0.717) is 12.8 Å². The fraction of sp³-hybridized carbons (Fsp3) is 0.500. The Labute approximate surface area is 122 Å². The van der Waals surface area contributed by atoms with E-state index < -0.39 is 27.4 Å². The van der Waals surface area contributed by atoms with Gasteiger partial charge in [0.15, 0.2) is 0 Å². The topological polar surface area (TPSA) is 131 Å². The second-order valence-electron chi connectivity index (χ2n) is 5.35. The van der Waals surface area contributed by atoms with Gasteiger partial charge in [-0.3, -0.25) is 9.59 Å². The zero-order valence-corrected chi connectivity index (χ0v) is 12.3. The number of carboxylic acid groups (broad SMARTS) is 1. The number of sulfonamides is 1. The molecule has 0 atom stereocenters. The fourth-order valence-corrected chi connectivity index (χ4v) is 4.01. The van der Waals surface area contributed by atoms with E-state index >= 15 is 0 Å². The second-order valence-corrected chi connectivity index (χ2v) is 7.03. The number of nitrogens with two attached hydrogens (primary N) is 1. The molecule has 1 amide bonds. The number of rotatable bonds is 6. The van der Waals surface area contributed by atoms with Crippen molar-refractivity contribution in [3.63, 3.8) is 0 Å². The van der Waals surface area contributed by atoms with Gasteiger partial charge in [-0.25, -0.2) is 13.1 Å². The van der Waals surface area contributed by atoms with E-state index in [2.05, 4.69) is 4.72 Å². The molecule has 21 heavy (non-hydrogen) atoms. The number of carbonyl (C=O) groups is 2. The highest BCUT2D eigenvalue weighted by molar-refractivity contribution is 7.89. The molecule has 1 aromatic heterocycles. The average Bonchev–Trinajstić information content (AvgIpc) is 2.68. The largest absolute Gasteiger partial charge is 0.481 e. The normalized spacial score (nSPS) is 17.2. The van der Waals surface area contributed by atoms with E-state index in [1.54, 1.807) is 0 Å². The lowest BCUT2D eigenvalue weighted by atomic mass is 9.75. The minimum Gasteiger partial charge on any atom is -0.481 e. The molecule has 0 spiro atoms. The molecular weight excluding hydrogens is 298 g/mol. The predicted octanol–water partition coefficient (Wildman–Crippen LogP) is -0.200. The molecule has 0 bridgehead atoms. The van der Waals surface area contributed by atoms with Gasteiger partial charge in [0.05, 0.1) is 6.42 Å². The summed E-state index contributed by atoms with van der Waals surface area (Å²) in [5.74, 6) is -1.79. The molecule has 1 fully saturated rings. The first-order chi connectivity index (χ1) is 9.65. The average molecular weight is 315 g/mol. The molecule has 1 aromatic rings. The summed E-state index contributed by atoms with van der Waals surface area (Å²) in [7, 11) is -2.39. The number of amides is 1. The fourth-order valence-electron chi connectivity index (χ4n) is 2.48. The molecule has 4 N–H and O–H groups in total. The second kappa shape index (κ2) is 5.15. The molecule has 0 aliphatic heterocycles. The van der Waals surface area contributed by atoms with Gasteiger partial charge in [0, 0.05) is 18.8 Å². The Morgan fingerprint density at radius 1 is 1.48 bits per heavy atom. The van der Waals surface area contributed by atoms with Gasteiger partial charge < -0.3 is 15.4 Å². The lowest BCUT2D eigenvalue weighted by Crippen LogP contribution is -2.54. The zero-order chi connectivity index (χ0) is 15.8. The number of aromatic nitrogens is 1. The first-order valence-electron chi connectivity index (χ1n) is 6.37. The van der Waals surface area contributed by atoms with Crippen LogP contribution in [0.5, 0.6) is 0 Å². The monoisotopic (exact) mass is 315 g/mol. The molecule has 2 rings (SSSR count). The molecular formula is C12H17N3O5S. The highest BCUT2D eigenvalue weighted by atomic mass is 32.2. The Morgan fingerprint density at radius 2 is 2.10 bits per heavy atom. The van der Waals surface area contributed by atoms with Crippen LogP contribution >= 0.6 is 0 Å². The molecule has 0 aromatic carbocycles. The predicted molar refractivity (Wildman–Crippen MR) is 73.1 cm³/mol. The van der Waals surface area contributed by atoms with Crippen molar-refractivity contribution < 1.29 is 23.1 Å². The first kappa shape index (κ1) is 15.5. The van der Waals surface area contributed by atoms with Crippen LogP contribution in [-0.2, 0) is 21.9 Å². The van der Waals surface area contributed by atoms with Gasteiger partial charge in [-0.05, 0) is 25.3 Å². The van der Waals surface area contributed by atoms with E-state index in [0.717, 1.165) is 6.42 Å². The Morgan fingerprint density at radius 3 is 2.48 bits per heavy atom. The number of nitrogens with zero attached hydrogens (tertiary/aromatic N) is 1. The third-order valence-electron chi connectivity index (χ3n) is 3.69. The first-order valence-corrected chi connectivity index (χ1v) is 7.85. The number of nitrogens with one attached hydrogen (secondary N) is 1. The van der Waals surface area contributed by atoms with Crippen LogP contribution in [0.15, 0.2) is 17.2 Å². The summed E-state index contributed by atoms with van der Waals surface area (Å²) in [6.45, 7) is 0. The third-order valence-corrected chi connectivity index (χ3v) is 5.24. The van der Waals surface area contributed by atoms with E-state index in [-0.39, 0.29) is 17.0 Å². The number of carboxylic acids is 1. The third kappa shape index (κ3) is 3.08. The molecule has 9 heteroatoms. The number of primary amides is 1. The summed E-state index contributed by atoms with van der Waals surface area (Å²) in [5.41, 5.74) is 4.28. The minimum absolute atomic E-state index is 0.0660. The van der Waals surface area contributed by atoms with E-state index in [9.17, 15) is 18.0 Å². The number of hydrogen-bond acceptors (Lipinski definition) is 4. The molecule has 0 unspecified atom stereocenters. The molecule has 1 aliphatic carbocycles. The lowest BCUT2D eigenvalue weighted by Gasteiger charge is -2.40. The van der Waals surface area contributed by atoms with Crippen LogP contribution < -0.4 is 10.5 Å². The van der Waals surface area contributed by atoms with E-state index in [4.69, 9.17) is 10.8 Å². The summed E-state index contributed by atoms with van der Waals surface area (Å²) in [5, 5.41) is 8.90. The summed E-state index contributed by atoms with van der Waals surface area (Å²) in [6, 6.07) is 1.18. The summed E-state index contributed by atoms with van der Waals surface area (Å²) >= 11 is 0. The smallest absolute Gasteiger partial charge is 0.305 e. The summed E-state index contributed by atoms with van der Waals surface area (Å²) in [6.07, 6.45) is 2.75. The Kier molecular flexibility index (Phi) is 3.81. The van der Waals surface area contributed by atoms with Crippen LogP contribution in [0.2, 0.25) is 0 Å². The van der Waals surface area contributed by atoms with Gasteiger partial charge in [-0.15, -0.1) is 0 Å². The SMILES string of the molecule is Cn1cc(S(=O)(=O)NC2(CC(=O)O)CCC2)cc1C(N)=O. The number of aryl methyl sites for hydroxylation is 1. The van der Waals surface area contributed by atoms with Crippen molar-refractivity contribution in [1.29, 1.82) is 0 Å². The Hall–Kier alpha value is -1.87. The van der Waals surface area contributed by atoms with Crippen molar-refractivity contribution in [2.45, 2.75) is 36.1 Å². The summed E-state index contributed by atoms with van der Waals surface area (Å²) < 4.78 is 28.5. The standard InChI is InChI=1S/C12H17N3O5S/c1-15-7-8(5-9(15)11(13)18)21(19,20)14-12(3-2-4-12)6-10(16)17/h5,7,14H,2-4,6H2,1H3,(H2,13,18)(H,16,17). The van der Waals surface area contributed by atoms with Crippen LogP contribution in [0, 0.1) is 0 Å². The molecule has 8 nitrogen and oxygen atoms in total. The molecule has 1 heterocycles. The Bertz CT molecular complexity index is 688. The van der Waals surface area contributed by atoms with Gasteiger partial charge in [0.1, 0.15) is 10.6 Å². The number of hydrogen-bond donors (Lipinski definition) is 3. The van der Waals surface area contributed by atoms with Gasteiger partial charge >= 0.3 is 5.97 Å². The van der Waals surface area contributed by atoms with Gasteiger partial charge in [-0.1, -0.05) is 0 Å². The quantitative estimate of drug-likeness (QED) is 0.669. The maximum Gasteiger partial charge on any atom is 0.305 e. The van der Waals surface area contributed by atoms with Crippen molar-refractivity contribution in [3.05, 3.63) is 18.0 Å². The van der Waals surface area contributed by atoms with Crippen molar-refractivity contribution in [3.8, 4) is 0 Å². The van der Waals surface area contributed by atoms with Crippen molar-refractivity contribution in [2.75, 3.05) is 0 Å². The van der Waals surface area contributed by atoms with Crippen molar-refractivity contribution in [2.24, 2.45) is 12.8 Å². The van der Waals surface area contributed by atoms with Gasteiger partial charge in [-0.2, -0.15) is 0 Å². The number of carbonyl (C=O) groups excluding carboxylic acids is 1. The maximum atomic E-state index is 12.3. The molecule has 1 aliphatic rings. The summed E-state index contributed by atoms with van der Waals surface area (Å²) in [4.78, 5) is 21.9. The zero-order valence-electron chi connectivity index (χ0n) is 11.5. The Balaban J connectivity index is 2.28. The molecule has 116 valence electrons. The molecule has 0 saturated heterocycles. The molecule has 1 saturated carbocycles. The van der Waals surface area contributed by atoms with Crippen molar-refractivity contribution >= 4 is 21.9 Å². The minimum atomic E-state index is -3.90. The van der Waals surface area contributed by atoms with Crippen molar-refractivity contribution in [1.82, 2.24) is 9.29 Å². The van der Waals surface area contributed by atoms with Crippen LogP contribution in [0.3, 0.4) is 0 Å². The number of aliphatic carboxylic acids is 1. The van der Waals surface area contributed by atoms with Crippen LogP contribution in [-0.4, -0.2) is 35.5 Å². The van der Waals surface area contributed by atoms with E-state index in [1.807, 2.05) is 0 Å². The van der Waals surface area contributed by atoms with E-state index in [1.165, 1.54) is 23.9 Å². The van der Waals surface area contributed by atoms with Gasteiger partial charge in [0.2, 0.25) is 10.0 Å². The highest BCUT2D eigenvalue weighted by Gasteiger charge is 2.42. The molecule has 0 radical (unpaired) electrons. The van der Waals surface area contributed by atoms with Crippen LogP contribution in [0.4, 0.5) is 0 Å². The highest BCUT2D eigenvalue weighted by Crippen LogP contribution is 2.36. The lowest BCUT2D eigenvalue weighted by molar-refractivity contribution is -0.139.